The van der Waals surface area contributed by atoms with E-state index in [-0.39, 0.29) is 23.6 Å². The van der Waals surface area contributed by atoms with Gasteiger partial charge in [-0.05, 0) is 50.8 Å². The fraction of sp³-hybridized carbons (Fsp3) is 0.364. The average molecular weight is 482 g/mol. The van der Waals surface area contributed by atoms with Crippen LogP contribution in [0, 0.1) is 0 Å². The average Bonchev–Trinajstić information content (AvgIpc) is 3.35. The normalized spacial score (nSPS) is 13.4. The van der Waals surface area contributed by atoms with E-state index in [9.17, 15) is 9.59 Å². The molecule has 2 aromatic heterocycles. The van der Waals surface area contributed by atoms with Crippen molar-refractivity contribution in [2.45, 2.75) is 45.3 Å². The SMILES string of the molecule is CNC(=O)OC(C)(C)C.O=C(NC1Cc2ccccc2C1)c1cc2sc(Cl)c(Cl)c2[nH]1. The van der Waals surface area contributed by atoms with Crippen molar-refractivity contribution >= 4 is 56.8 Å². The van der Waals surface area contributed by atoms with E-state index in [1.54, 1.807) is 6.07 Å². The van der Waals surface area contributed by atoms with Crippen LogP contribution in [0.15, 0.2) is 30.3 Å². The zero-order valence-electron chi connectivity index (χ0n) is 17.8. The molecule has 1 aliphatic rings. The molecule has 0 saturated heterocycles. The molecule has 0 spiro atoms. The van der Waals surface area contributed by atoms with Crippen LogP contribution in [-0.2, 0) is 17.6 Å². The summed E-state index contributed by atoms with van der Waals surface area (Å²) in [5.74, 6) is -0.103. The Bertz CT molecular complexity index is 1080. The molecule has 1 aromatic carbocycles. The number of aromatic amines is 1. The Hall–Kier alpha value is -2.22. The van der Waals surface area contributed by atoms with Crippen molar-refractivity contribution in [1.29, 1.82) is 0 Å². The summed E-state index contributed by atoms with van der Waals surface area (Å²) in [6, 6.07) is 10.3. The van der Waals surface area contributed by atoms with Gasteiger partial charge in [0.05, 0.1) is 15.2 Å². The molecule has 2 amide bonds. The van der Waals surface area contributed by atoms with Gasteiger partial charge >= 0.3 is 6.09 Å². The number of rotatable bonds is 2. The van der Waals surface area contributed by atoms with E-state index in [1.165, 1.54) is 29.5 Å². The summed E-state index contributed by atoms with van der Waals surface area (Å²) in [6.07, 6.45) is 1.37. The van der Waals surface area contributed by atoms with Crippen molar-refractivity contribution in [2.24, 2.45) is 0 Å². The van der Waals surface area contributed by atoms with Gasteiger partial charge in [0, 0.05) is 13.1 Å². The van der Waals surface area contributed by atoms with Crippen LogP contribution in [0.2, 0.25) is 9.36 Å². The minimum Gasteiger partial charge on any atom is -0.444 e. The third-order valence-electron chi connectivity index (χ3n) is 4.61. The number of hydrogen-bond acceptors (Lipinski definition) is 4. The first kappa shape index (κ1) is 23.4. The van der Waals surface area contributed by atoms with Gasteiger partial charge in [0.1, 0.15) is 15.6 Å². The molecule has 0 bridgehead atoms. The third kappa shape index (κ3) is 5.93. The largest absolute Gasteiger partial charge is 0.444 e. The van der Waals surface area contributed by atoms with Crippen molar-refractivity contribution < 1.29 is 14.3 Å². The maximum Gasteiger partial charge on any atom is 0.407 e. The highest BCUT2D eigenvalue weighted by molar-refractivity contribution is 7.23. The second-order valence-corrected chi connectivity index (χ2v) is 10.2. The molecule has 0 saturated carbocycles. The molecule has 31 heavy (non-hydrogen) atoms. The monoisotopic (exact) mass is 481 g/mol. The maximum atomic E-state index is 12.4. The van der Waals surface area contributed by atoms with Crippen molar-refractivity contribution in [1.82, 2.24) is 15.6 Å². The number of thiophene rings is 1. The van der Waals surface area contributed by atoms with E-state index in [4.69, 9.17) is 27.9 Å². The molecule has 6 nitrogen and oxygen atoms in total. The third-order valence-corrected chi connectivity index (χ3v) is 6.54. The number of nitrogens with one attached hydrogen (secondary N) is 3. The smallest absolute Gasteiger partial charge is 0.407 e. The Balaban J connectivity index is 0.000000259. The molecule has 0 fully saturated rings. The first-order valence-corrected chi connectivity index (χ1v) is 11.4. The quantitative estimate of drug-likeness (QED) is 0.446. The number of hydrogen-bond donors (Lipinski definition) is 3. The number of benzene rings is 1. The summed E-state index contributed by atoms with van der Waals surface area (Å²) in [4.78, 5) is 26.0. The van der Waals surface area contributed by atoms with Crippen LogP contribution >= 0.6 is 34.5 Å². The summed E-state index contributed by atoms with van der Waals surface area (Å²) < 4.78 is 6.28. The van der Waals surface area contributed by atoms with Crippen LogP contribution in [0.5, 0.6) is 0 Å². The molecule has 166 valence electrons. The van der Waals surface area contributed by atoms with E-state index >= 15 is 0 Å². The second kappa shape index (κ2) is 9.51. The molecule has 0 aliphatic heterocycles. The van der Waals surface area contributed by atoms with Crippen LogP contribution in [0.1, 0.15) is 42.4 Å². The van der Waals surface area contributed by atoms with E-state index in [0.717, 1.165) is 23.1 Å². The Morgan fingerprint density at radius 3 is 2.26 bits per heavy atom. The topological polar surface area (TPSA) is 83.2 Å². The molecule has 3 N–H and O–H groups in total. The lowest BCUT2D eigenvalue weighted by atomic mass is 10.1. The Morgan fingerprint density at radius 1 is 1.16 bits per heavy atom. The zero-order chi connectivity index (χ0) is 22.8. The molecule has 9 heteroatoms. The fourth-order valence-corrected chi connectivity index (χ4v) is 4.78. The molecule has 1 aliphatic carbocycles. The molecule has 4 rings (SSSR count). The minimum absolute atomic E-state index is 0.103. The number of ether oxygens (including phenoxy) is 1. The van der Waals surface area contributed by atoms with Crippen molar-refractivity contribution in [2.75, 3.05) is 7.05 Å². The summed E-state index contributed by atoms with van der Waals surface area (Å²) in [7, 11) is 1.54. The van der Waals surface area contributed by atoms with E-state index in [0.29, 0.717) is 15.1 Å². The predicted octanol–water partition coefficient (Wildman–Crippen LogP) is 5.57. The molecule has 0 unspecified atom stereocenters. The number of carbonyl (C=O) groups excluding carboxylic acids is 2. The lowest BCUT2D eigenvalue weighted by molar-refractivity contribution is 0.0541. The van der Waals surface area contributed by atoms with Gasteiger partial charge < -0.3 is 20.4 Å². The molecular formula is C22H25Cl2N3O3S. The van der Waals surface area contributed by atoms with Gasteiger partial charge in [-0.25, -0.2) is 4.79 Å². The van der Waals surface area contributed by atoms with Crippen molar-refractivity contribution in [3.63, 3.8) is 0 Å². The first-order valence-electron chi connectivity index (χ1n) is 9.82. The second-order valence-electron chi connectivity index (χ2n) is 8.21. The standard InChI is InChI=1S/C16H12Cl2N2OS.C6H13NO2/c17-13-14-12(22-15(13)18)7-11(20-14)16(21)19-10-5-8-3-1-2-4-9(8)6-10;1-6(2,3)9-5(8)7-4/h1-4,7,10,20H,5-6H2,(H,19,21);1-4H3,(H,7,8). The Morgan fingerprint density at radius 2 is 1.77 bits per heavy atom. The Labute approximate surface area is 195 Å². The maximum absolute atomic E-state index is 12.4. The summed E-state index contributed by atoms with van der Waals surface area (Å²) in [6.45, 7) is 5.46. The van der Waals surface area contributed by atoms with Crippen molar-refractivity contribution in [3.8, 4) is 0 Å². The van der Waals surface area contributed by atoms with Crippen LogP contribution in [0.25, 0.3) is 10.2 Å². The van der Waals surface area contributed by atoms with E-state index in [2.05, 4.69) is 27.8 Å². The highest BCUT2D eigenvalue weighted by Crippen LogP contribution is 2.38. The minimum atomic E-state index is -0.389. The predicted molar refractivity (Wildman–Crippen MR) is 127 cm³/mol. The molecular weight excluding hydrogens is 457 g/mol. The lowest BCUT2D eigenvalue weighted by Gasteiger charge is -2.18. The number of alkyl carbamates (subject to hydrolysis) is 1. The summed E-state index contributed by atoms with van der Waals surface area (Å²) in [5, 5.41) is 5.93. The first-order chi connectivity index (χ1) is 14.6. The van der Waals surface area contributed by atoms with Crippen molar-refractivity contribution in [3.05, 3.63) is 56.5 Å². The molecule has 0 atom stereocenters. The van der Waals surface area contributed by atoms with E-state index in [1.807, 2.05) is 32.9 Å². The van der Waals surface area contributed by atoms with Gasteiger partial charge in [0.2, 0.25) is 0 Å². The van der Waals surface area contributed by atoms with Crippen LogP contribution < -0.4 is 10.6 Å². The highest BCUT2D eigenvalue weighted by atomic mass is 35.5. The zero-order valence-corrected chi connectivity index (χ0v) is 20.1. The van der Waals surface area contributed by atoms with E-state index < -0.39 is 0 Å². The molecule has 2 heterocycles. The number of H-pyrrole nitrogens is 1. The van der Waals surface area contributed by atoms with Crippen LogP contribution in [0.3, 0.4) is 0 Å². The van der Waals surface area contributed by atoms with Gasteiger partial charge in [0.25, 0.3) is 5.91 Å². The molecule has 3 aromatic rings. The number of halogens is 2. The van der Waals surface area contributed by atoms with Gasteiger partial charge in [-0.2, -0.15) is 0 Å². The number of fused-ring (bicyclic) bond motifs is 2. The van der Waals surface area contributed by atoms with Gasteiger partial charge in [-0.3, -0.25) is 4.79 Å². The highest BCUT2D eigenvalue weighted by Gasteiger charge is 2.24. The summed E-state index contributed by atoms with van der Waals surface area (Å²) in [5.41, 5.74) is 3.50. The van der Waals surface area contributed by atoms with Crippen LogP contribution in [-0.4, -0.2) is 35.7 Å². The molecule has 0 radical (unpaired) electrons. The summed E-state index contributed by atoms with van der Waals surface area (Å²) >= 11 is 13.5. The Kier molecular flexibility index (Phi) is 7.19. The van der Waals surface area contributed by atoms with Gasteiger partial charge in [-0.15, -0.1) is 11.3 Å². The fourth-order valence-electron chi connectivity index (χ4n) is 3.29. The lowest BCUT2D eigenvalue weighted by Crippen LogP contribution is -2.35. The number of amides is 2. The van der Waals surface area contributed by atoms with Crippen LogP contribution in [0.4, 0.5) is 4.79 Å². The van der Waals surface area contributed by atoms with Gasteiger partial charge in [-0.1, -0.05) is 47.5 Å². The number of aromatic nitrogens is 1. The van der Waals surface area contributed by atoms with Gasteiger partial charge in [0.15, 0.2) is 0 Å². The number of carbonyl (C=O) groups is 2.